The number of hydrogen-bond acceptors (Lipinski definition) is 4. The van der Waals surface area contributed by atoms with Gasteiger partial charge in [-0.1, -0.05) is 36.0 Å². The molecule has 3 rings (SSSR count). The zero-order valence-electron chi connectivity index (χ0n) is 16.4. The van der Waals surface area contributed by atoms with Crippen molar-refractivity contribution in [3.05, 3.63) is 83.9 Å². The summed E-state index contributed by atoms with van der Waals surface area (Å²) >= 11 is 0.476. The van der Waals surface area contributed by atoms with Gasteiger partial charge in [0.2, 0.25) is 5.91 Å². The van der Waals surface area contributed by atoms with Crippen molar-refractivity contribution in [1.29, 1.82) is 0 Å². The number of alkyl halides is 2. The second kappa shape index (κ2) is 10.6. The molecular formula is C23H22F2N2O2S. The summed E-state index contributed by atoms with van der Waals surface area (Å²) in [4.78, 5) is 12.7. The lowest BCUT2D eigenvalue weighted by Crippen LogP contribution is -2.14. The molecule has 7 heteroatoms. The molecule has 4 nitrogen and oxygen atoms in total. The molecule has 0 aliphatic rings. The van der Waals surface area contributed by atoms with Crippen molar-refractivity contribution in [2.75, 3.05) is 17.7 Å². The number of methoxy groups -OCH3 is 1. The Balaban J connectivity index is 1.47. The largest absolute Gasteiger partial charge is 0.497 e. The number of ether oxygens (including phenoxy) is 1. The van der Waals surface area contributed by atoms with Crippen LogP contribution in [-0.4, -0.2) is 18.8 Å². The Morgan fingerprint density at radius 1 is 0.900 bits per heavy atom. The molecule has 0 fully saturated rings. The molecule has 0 bridgehead atoms. The van der Waals surface area contributed by atoms with E-state index in [9.17, 15) is 13.6 Å². The van der Waals surface area contributed by atoms with E-state index < -0.39 is 5.76 Å². The number of amides is 1. The highest BCUT2D eigenvalue weighted by Crippen LogP contribution is 2.26. The van der Waals surface area contributed by atoms with E-state index in [1.807, 2.05) is 48.5 Å². The molecule has 2 N–H and O–H groups in total. The van der Waals surface area contributed by atoms with Crippen molar-refractivity contribution < 1.29 is 18.3 Å². The molecule has 30 heavy (non-hydrogen) atoms. The van der Waals surface area contributed by atoms with Crippen molar-refractivity contribution in [2.24, 2.45) is 0 Å². The Morgan fingerprint density at radius 3 is 2.10 bits per heavy atom. The normalized spacial score (nSPS) is 10.7. The van der Waals surface area contributed by atoms with Gasteiger partial charge in [0.25, 0.3) is 5.76 Å². The third-order valence-electron chi connectivity index (χ3n) is 4.34. The van der Waals surface area contributed by atoms with Gasteiger partial charge in [0, 0.05) is 22.8 Å². The molecule has 0 atom stereocenters. The zero-order valence-corrected chi connectivity index (χ0v) is 17.2. The lowest BCUT2D eigenvalue weighted by Gasteiger charge is -2.09. The topological polar surface area (TPSA) is 50.4 Å². The van der Waals surface area contributed by atoms with Crippen molar-refractivity contribution in [3.8, 4) is 5.75 Å². The van der Waals surface area contributed by atoms with Crippen LogP contribution in [0.2, 0.25) is 0 Å². The summed E-state index contributed by atoms with van der Waals surface area (Å²) in [5, 5.41) is 6.12. The highest BCUT2D eigenvalue weighted by atomic mass is 32.2. The van der Waals surface area contributed by atoms with Gasteiger partial charge in [0.1, 0.15) is 5.75 Å². The summed E-state index contributed by atoms with van der Waals surface area (Å²) in [6.07, 6.45) is 0.228. The van der Waals surface area contributed by atoms with E-state index >= 15 is 0 Å². The zero-order chi connectivity index (χ0) is 21.3. The van der Waals surface area contributed by atoms with E-state index in [4.69, 9.17) is 4.74 Å². The van der Waals surface area contributed by atoms with Crippen molar-refractivity contribution in [2.45, 2.75) is 23.6 Å². The van der Waals surface area contributed by atoms with Gasteiger partial charge in [0.15, 0.2) is 0 Å². The van der Waals surface area contributed by atoms with Crippen LogP contribution in [-0.2, 0) is 17.8 Å². The van der Waals surface area contributed by atoms with Crippen LogP contribution in [0, 0.1) is 0 Å². The number of thioether (sulfide) groups is 1. The Labute approximate surface area is 178 Å². The lowest BCUT2D eigenvalue weighted by molar-refractivity contribution is -0.115. The maximum atomic E-state index is 12.3. The van der Waals surface area contributed by atoms with Gasteiger partial charge in [-0.25, -0.2) is 0 Å². The quantitative estimate of drug-likeness (QED) is 0.423. The molecule has 0 unspecified atom stereocenters. The summed E-state index contributed by atoms with van der Waals surface area (Å²) < 4.78 is 29.8. The predicted octanol–water partition coefficient (Wildman–Crippen LogP) is 5.80. The fourth-order valence-electron chi connectivity index (χ4n) is 2.80. The molecule has 3 aromatic rings. The SMILES string of the molecule is COc1ccc(CNc2ccc(CC(=O)Nc3ccc(SC(F)F)cc3)cc2)cc1. The van der Waals surface area contributed by atoms with E-state index in [1.54, 1.807) is 31.4 Å². The summed E-state index contributed by atoms with van der Waals surface area (Å²) in [7, 11) is 1.64. The van der Waals surface area contributed by atoms with Gasteiger partial charge in [-0.2, -0.15) is 8.78 Å². The van der Waals surface area contributed by atoms with Crippen LogP contribution in [0.3, 0.4) is 0 Å². The Kier molecular flexibility index (Phi) is 7.68. The molecule has 3 aromatic carbocycles. The number of nitrogens with one attached hydrogen (secondary N) is 2. The highest BCUT2D eigenvalue weighted by Gasteiger charge is 2.07. The summed E-state index contributed by atoms with van der Waals surface area (Å²) in [5.74, 6) is -1.80. The highest BCUT2D eigenvalue weighted by molar-refractivity contribution is 7.99. The Bertz CT molecular complexity index is 946. The number of carbonyl (C=O) groups is 1. The first-order valence-corrected chi connectivity index (χ1v) is 10.2. The number of hydrogen-bond donors (Lipinski definition) is 2. The number of benzene rings is 3. The number of halogens is 2. The van der Waals surface area contributed by atoms with Gasteiger partial charge in [-0.05, 0) is 59.7 Å². The maximum Gasteiger partial charge on any atom is 0.288 e. The van der Waals surface area contributed by atoms with Gasteiger partial charge < -0.3 is 15.4 Å². The lowest BCUT2D eigenvalue weighted by atomic mass is 10.1. The standard InChI is InChI=1S/C23H22F2N2O2S/c1-29-20-10-4-17(5-11-20)15-26-18-6-2-16(3-7-18)14-22(28)27-19-8-12-21(13-9-19)30-23(24)25/h2-13,23,26H,14-15H2,1H3,(H,27,28). The Hall–Kier alpha value is -3.06. The first-order chi connectivity index (χ1) is 14.5. The fourth-order valence-corrected chi connectivity index (χ4v) is 3.30. The van der Waals surface area contributed by atoms with E-state index in [-0.39, 0.29) is 12.3 Å². The van der Waals surface area contributed by atoms with Crippen molar-refractivity contribution in [1.82, 2.24) is 0 Å². The van der Waals surface area contributed by atoms with Crippen LogP contribution in [0.4, 0.5) is 20.2 Å². The van der Waals surface area contributed by atoms with Crippen LogP contribution in [0.25, 0.3) is 0 Å². The second-order valence-corrected chi connectivity index (χ2v) is 7.59. The van der Waals surface area contributed by atoms with Crippen LogP contribution in [0.1, 0.15) is 11.1 Å². The molecule has 0 saturated heterocycles. The monoisotopic (exact) mass is 428 g/mol. The molecule has 0 heterocycles. The minimum absolute atomic E-state index is 0.164. The Morgan fingerprint density at radius 2 is 1.50 bits per heavy atom. The maximum absolute atomic E-state index is 12.3. The molecule has 0 radical (unpaired) electrons. The molecular weight excluding hydrogens is 406 g/mol. The van der Waals surface area contributed by atoms with Crippen LogP contribution in [0.15, 0.2) is 77.7 Å². The van der Waals surface area contributed by atoms with Gasteiger partial charge in [-0.3, -0.25) is 4.79 Å². The fraction of sp³-hybridized carbons (Fsp3) is 0.174. The van der Waals surface area contributed by atoms with Crippen LogP contribution in [0.5, 0.6) is 5.75 Å². The average molecular weight is 429 g/mol. The number of rotatable bonds is 9. The van der Waals surface area contributed by atoms with Crippen molar-refractivity contribution in [3.63, 3.8) is 0 Å². The molecule has 156 valence electrons. The molecule has 0 aliphatic heterocycles. The smallest absolute Gasteiger partial charge is 0.288 e. The van der Waals surface area contributed by atoms with Gasteiger partial charge in [-0.15, -0.1) is 0 Å². The molecule has 0 saturated carbocycles. The van der Waals surface area contributed by atoms with Crippen LogP contribution < -0.4 is 15.4 Å². The minimum atomic E-state index is -2.46. The molecule has 1 amide bonds. The van der Waals surface area contributed by atoms with E-state index in [0.29, 0.717) is 28.9 Å². The summed E-state index contributed by atoms with van der Waals surface area (Å²) in [6, 6.07) is 21.9. The van der Waals surface area contributed by atoms with E-state index in [2.05, 4.69) is 10.6 Å². The summed E-state index contributed by atoms with van der Waals surface area (Å²) in [5.41, 5.74) is 3.56. The summed E-state index contributed by atoms with van der Waals surface area (Å²) in [6.45, 7) is 0.684. The first kappa shape index (κ1) is 21.6. The third kappa shape index (κ3) is 6.77. The average Bonchev–Trinajstić information content (AvgIpc) is 2.74. The van der Waals surface area contributed by atoms with Crippen LogP contribution >= 0.6 is 11.8 Å². The number of carbonyl (C=O) groups excluding carboxylic acids is 1. The molecule has 0 spiro atoms. The number of anilines is 2. The van der Waals surface area contributed by atoms with E-state index in [0.717, 1.165) is 22.6 Å². The predicted molar refractivity (Wildman–Crippen MR) is 117 cm³/mol. The van der Waals surface area contributed by atoms with Crippen molar-refractivity contribution >= 4 is 29.0 Å². The third-order valence-corrected chi connectivity index (χ3v) is 5.06. The van der Waals surface area contributed by atoms with E-state index in [1.165, 1.54) is 0 Å². The van der Waals surface area contributed by atoms with Gasteiger partial charge >= 0.3 is 0 Å². The first-order valence-electron chi connectivity index (χ1n) is 9.32. The van der Waals surface area contributed by atoms with Gasteiger partial charge in [0.05, 0.1) is 13.5 Å². The second-order valence-electron chi connectivity index (χ2n) is 6.53. The molecule has 0 aliphatic carbocycles. The minimum Gasteiger partial charge on any atom is -0.497 e. The molecule has 0 aromatic heterocycles.